The Hall–Kier alpha value is -4.66. The molecule has 3 aromatic carbocycles. The zero-order chi connectivity index (χ0) is 26.6. The van der Waals surface area contributed by atoms with Gasteiger partial charge in [-0.3, -0.25) is 4.79 Å². The van der Waals surface area contributed by atoms with Gasteiger partial charge in [-0.05, 0) is 71.7 Å². The molecule has 1 aliphatic heterocycles. The van der Waals surface area contributed by atoms with E-state index >= 15 is 0 Å². The Morgan fingerprint density at radius 2 is 1.84 bits per heavy atom. The van der Waals surface area contributed by atoms with E-state index in [9.17, 15) is 4.79 Å². The van der Waals surface area contributed by atoms with Crippen LogP contribution in [0.25, 0.3) is 0 Å². The Morgan fingerprint density at radius 3 is 2.63 bits per heavy atom. The Balaban J connectivity index is 1.45. The first kappa shape index (κ1) is 25.0. The second-order valence-corrected chi connectivity index (χ2v) is 9.21. The van der Waals surface area contributed by atoms with Gasteiger partial charge in [0.05, 0.1) is 19.3 Å². The van der Waals surface area contributed by atoms with Crippen LogP contribution >= 0.6 is 0 Å². The van der Waals surface area contributed by atoms with Crippen molar-refractivity contribution in [2.75, 3.05) is 24.4 Å². The van der Waals surface area contributed by atoms with E-state index in [2.05, 4.69) is 38.3 Å². The van der Waals surface area contributed by atoms with Gasteiger partial charge < -0.3 is 20.1 Å². The predicted molar refractivity (Wildman–Crippen MR) is 145 cm³/mol. The molecule has 4 aromatic rings. The first-order valence-corrected chi connectivity index (χ1v) is 12.4. The average molecular weight is 511 g/mol. The van der Waals surface area contributed by atoms with Crippen molar-refractivity contribution in [2.24, 2.45) is 0 Å². The number of anilines is 2. The van der Waals surface area contributed by atoms with E-state index in [1.54, 1.807) is 11.8 Å². The van der Waals surface area contributed by atoms with Crippen molar-refractivity contribution in [3.8, 4) is 11.5 Å². The fourth-order valence-corrected chi connectivity index (χ4v) is 4.59. The van der Waals surface area contributed by atoms with Crippen molar-refractivity contribution in [2.45, 2.75) is 33.2 Å². The van der Waals surface area contributed by atoms with Crippen LogP contribution in [0.4, 0.5) is 11.6 Å². The highest BCUT2D eigenvalue weighted by Gasteiger charge is 2.34. The molecular formula is C29H30N6O3. The van der Waals surface area contributed by atoms with Crippen LogP contribution in [0.3, 0.4) is 0 Å². The van der Waals surface area contributed by atoms with Crippen LogP contribution in [0.2, 0.25) is 0 Å². The maximum atomic E-state index is 13.7. The second kappa shape index (κ2) is 10.8. The normalized spacial score (nSPS) is 14.5. The van der Waals surface area contributed by atoms with E-state index in [0.29, 0.717) is 35.3 Å². The number of amides is 1. The number of rotatable bonds is 8. The van der Waals surface area contributed by atoms with Gasteiger partial charge in [-0.25, -0.2) is 0 Å². The van der Waals surface area contributed by atoms with Crippen LogP contribution in [0.15, 0.2) is 78.0 Å². The van der Waals surface area contributed by atoms with Crippen molar-refractivity contribution in [3.63, 3.8) is 0 Å². The number of aryl methyl sites for hydroxylation is 1. The number of fused-ring (bicyclic) bond motifs is 1. The second-order valence-electron chi connectivity index (χ2n) is 9.21. The van der Waals surface area contributed by atoms with Gasteiger partial charge in [0.15, 0.2) is 11.5 Å². The number of aromatic nitrogens is 4. The summed E-state index contributed by atoms with van der Waals surface area (Å²) in [5.41, 5.74) is 6.04. The van der Waals surface area contributed by atoms with Crippen molar-refractivity contribution in [1.82, 2.24) is 20.2 Å². The Kier molecular flexibility index (Phi) is 7.08. The van der Waals surface area contributed by atoms with Gasteiger partial charge in [-0.1, -0.05) is 53.6 Å². The standard InChI is InChI=1S/C29H30N6O3/c1-18-9-8-12-23(19(18)2)31-28(36)26-20(3)30-29-32-33-34-35(29)27(26)22-13-14-24(25(17-22)37-4)38-16-15-21-10-6-5-7-11-21/h5-14,17,27H,15-16H2,1-4H3,(H,31,36)(H,30,32,34). The van der Waals surface area contributed by atoms with Crippen LogP contribution in [0, 0.1) is 13.8 Å². The number of hydrogen-bond acceptors (Lipinski definition) is 7. The molecule has 0 radical (unpaired) electrons. The third-order valence-corrected chi connectivity index (χ3v) is 6.81. The molecule has 2 N–H and O–H groups in total. The Labute approximate surface area is 221 Å². The number of nitrogens with one attached hydrogen (secondary N) is 2. The van der Waals surface area contributed by atoms with E-state index in [-0.39, 0.29) is 5.91 Å². The summed E-state index contributed by atoms with van der Waals surface area (Å²) in [4.78, 5) is 13.7. The lowest BCUT2D eigenvalue weighted by atomic mass is 9.94. The molecule has 194 valence electrons. The lowest BCUT2D eigenvalue weighted by Crippen LogP contribution is -2.31. The number of nitrogens with zero attached hydrogens (tertiary/aromatic N) is 4. The van der Waals surface area contributed by atoms with Gasteiger partial charge in [0.2, 0.25) is 5.95 Å². The summed E-state index contributed by atoms with van der Waals surface area (Å²) >= 11 is 0. The molecule has 1 atom stereocenters. The maximum Gasteiger partial charge on any atom is 0.255 e. The van der Waals surface area contributed by atoms with E-state index < -0.39 is 6.04 Å². The van der Waals surface area contributed by atoms with Gasteiger partial charge in [-0.2, -0.15) is 4.68 Å². The fourth-order valence-electron chi connectivity index (χ4n) is 4.59. The molecule has 0 saturated carbocycles. The third-order valence-electron chi connectivity index (χ3n) is 6.81. The van der Waals surface area contributed by atoms with Crippen LogP contribution in [-0.2, 0) is 11.2 Å². The molecule has 38 heavy (non-hydrogen) atoms. The summed E-state index contributed by atoms with van der Waals surface area (Å²) in [5.74, 6) is 1.41. The number of hydrogen-bond donors (Lipinski definition) is 2. The average Bonchev–Trinajstić information content (AvgIpc) is 3.39. The minimum atomic E-state index is -0.571. The van der Waals surface area contributed by atoms with Crippen molar-refractivity contribution < 1.29 is 14.3 Å². The number of allylic oxidation sites excluding steroid dienone is 1. The highest BCUT2D eigenvalue weighted by molar-refractivity contribution is 6.06. The molecule has 9 nitrogen and oxygen atoms in total. The highest BCUT2D eigenvalue weighted by Crippen LogP contribution is 2.39. The summed E-state index contributed by atoms with van der Waals surface area (Å²) in [6.45, 7) is 6.36. The van der Waals surface area contributed by atoms with Crippen LogP contribution in [0.1, 0.15) is 35.2 Å². The molecule has 1 amide bonds. The van der Waals surface area contributed by atoms with E-state index in [1.807, 2.05) is 75.4 Å². The molecule has 1 aromatic heterocycles. The summed E-state index contributed by atoms with van der Waals surface area (Å²) in [6, 6.07) is 21.1. The molecule has 0 spiro atoms. The largest absolute Gasteiger partial charge is 0.493 e. The van der Waals surface area contributed by atoms with Gasteiger partial charge >= 0.3 is 0 Å². The lowest BCUT2D eigenvalue weighted by molar-refractivity contribution is -0.113. The molecule has 2 heterocycles. The Morgan fingerprint density at radius 1 is 1.03 bits per heavy atom. The molecular weight excluding hydrogens is 480 g/mol. The topological polar surface area (TPSA) is 103 Å². The summed E-state index contributed by atoms with van der Waals surface area (Å²) in [5, 5.41) is 18.3. The quantitative estimate of drug-likeness (QED) is 0.349. The van der Waals surface area contributed by atoms with Gasteiger partial charge in [0, 0.05) is 17.8 Å². The van der Waals surface area contributed by atoms with Crippen molar-refractivity contribution in [3.05, 3.63) is 100 Å². The Bertz CT molecular complexity index is 1500. The lowest BCUT2D eigenvalue weighted by Gasteiger charge is -2.28. The fraction of sp³-hybridized carbons (Fsp3) is 0.241. The van der Waals surface area contributed by atoms with Crippen LogP contribution in [-0.4, -0.2) is 39.8 Å². The minimum Gasteiger partial charge on any atom is -0.493 e. The highest BCUT2D eigenvalue weighted by atomic mass is 16.5. The van der Waals surface area contributed by atoms with E-state index in [4.69, 9.17) is 9.47 Å². The van der Waals surface area contributed by atoms with Gasteiger partial charge in [0.25, 0.3) is 5.91 Å². The zero-order valence-corrected chi connectivity index (χ0v) is 21.9. The third kappa shape index (κ3) is 4.95. The van der Waals surface area contributed by atoms with Gasteiger partial charge in [0.1, 0.15) is 6.04 Å². The van der Waals surface area contributed by atoms with Crippen LogP contribution in [0.5, 0.6) is 11.5 Å². The monoisotopic (exact) mass is 510 g/mol. The minimum absolute atomic E-state index is 0.239. The molecule has 1 unspecified atom stereocenters. The number of tetrazole rings is 1. The van der Waals surface area contributed by atoms with Gasteiger partial charge in [-0.15, -0.1) is 0 Å². The summed E-state index contributed by atoms with van der Waals surface area (Å²) < 4.78 is 13.3. The smallest absolute Gasteiger partial charge is 0.255 e. The van der Waals surface area contributed by atoms with E-state index in [0.717, 1.165) is 28.8 Å². The number of methoxy groups -OCH3 is 1. The SMILES string of the molecule is COc1cc(C2C(C(=O)Nc3cccc(C)c3C)=C(C)Nc3nnnn32)ccc1OCCc1ccccc1. The maximum absolute atomic E-state index is 13.7. The number of ether oxygens (including phenoxy) is 2. The molecule has 9 heteroatoms. The number of carbonyl (C=O) groups excluding carboxylic acids is 1. The summed E-state index contributed by atoms with van der Waals surface area (Å²) in [6.07, 6.45) is 0.776. The predicted octanol–water partition coefficient (Wildman–Crippen LogP) is 4.85. The molecule has 0 bridgehead atoms. The molecule has 0 aliphatic carbocycles. The molecule has 5 rings (SSSR count). The first-order chi connectivity index (χ1) is 18.5. The molecule has 0 saturated heterocycles. The van der Waals surface area contributed by atoms with Crippen molar-refractivity contribution in [1.29, 1.82) is 0 Å². The van der Waals surface area contributed by atoms with Crippen LogP contribution < -0.4 is 20.1 Å². The number of carbonyl (C=O) groups is 1. The van der Waals surface area contributed by atoms with E-state index in [1.165, 1.54) is 5.56 Å². The first-order valence-electron chi connectivity index (χ1n) is 12.4. The number of benzene rings is 3. The molecule has 1 aliphatic rings. The van der Waals surface area contributed by atoms with Crippen molar-refractivity contribution >= 4 is 17.5 Å². The summed E-state index contributed by atoms with van der Waals surface area (Å²) in [7, 11) is 1.60. The molecule has 0 fully saturated rings. The zero-order valence-electron chi connectivity index (χ0n) is 21.9.